The average molecular weight is 443 g/mol. The number of amides is 1. The van der Waals surface area contributed by atoms with E-state index in [0.29, 0.717) is 25.1 Å². The molecule has 0 unspecified atom stereocenters. The first-order valence-electron chi connectivity index (χ1n) is 12.3. The zero-order chi connectivity index (χ0) is 22.6. The Morgan fingerprint density at radius 2 is 1.73 bits per heavy atom. The third-order valence-corrected chi connectivity index (χ3v) is 7.42. The minimum Gasteiger partial charge on any atom is -0.383 e. The molecular weight excluding hydrogens is 408 g/mol. The number of hydrogen-bond acceptors (Lipinski definition) is 3. The zero-order valence-electron chi connectivity index (χ0n) is 19.6. The van der Waals surface area contributed by atoms with E-state index in [4.69, 9.17) is 4.74 Å². The predicted molar refractivity (Wildman–Crippen MR) is 134 cm³/mol. The van der Waals surface area contributed by atoms with Crippen molar-refractivity contribution in [2.75, 3.05) is 39.9 Å². The van der Waals surface area contributed by atoms with E-state index in [1.807, 2.05) is 29.2 Å². The third kappa shape index (κ3) is 4.97. The molecule has 0 spiro atoms. The molecule has 3 aromatic rings. The Morgan fingerprint density at radius 3 is 2.48 bits per heavy atom. The van der Waals surface area contributed by atoms with Gasteiger partial charge in [0.25, 0.3) is 5.91 Å². The maximum atomic E-state index is 13.5. The number of benzene rings is 3. The SMILES string of the molecule is COCCN(C[C@H]1CCCN(C2Cc3ccccc3C2)C1)C(=O)c1ccc2ccccc2c1. The van der Waals surface area contributed by atoms with E-state index in [1.165, 1.54) is 30.5 Å². The van der Waals surface area contributed by atoms with Crippen LogP contribution in [0, 0.1) is 5.92 Å². The summed E-state index contributed by atoms with van der Waals surface area (Å²) in [7, 11) is 1.71. The molecule has 0 N–H and O–H groups in total. The van der Waals surface area contributed by atoms with E-state index in [0.717, 1.165) is 42.3 Å². The van der Waals surface area contributed by atoms with Crippen LogP contribution in [0.3, 0.4) is 0 Å². The fourth-order valence-corrected chi connectivity index (χ4v) is 5.67. The Morgan fingerprint density at radius 1 is 1.00 bits per heavy atom. The lowest BCUT2D eigenvalue weighted by molar-refractivity contribution is 0.0573. The molecule has 1 aliphatic heterocycles. The quantitative estimate of drug-likeness (QED) is 0.527. The molecule has 1 saturated heterocycles. The smallest absolute Gasteiger partial charge is 0.253 e. The number of piperidine rings is 1. The molecule has 1 aliphatic carbocycles. The molecule has 4 nitrogen and oxygen atoms in total. The lowest BCUT2D eigenvalue weighted by Gasteiger charge is -2.38. The second-order valence-corrected chi connectivity index (χ2v) is 9.64. The molecule has 0 saturated carbocycles. The molecule has 2 aliphatic rings. The fourth-order valence-electron chi connectivity index (χ4n) is 5.67. The molecular formula is C29H34N2O2. The summed E-state index contributed by atoms with van der Waals surface area (Å²) in [5.41, 5.74) is 3.79. The van der Waals surface area contributed by atoms with Crippen molar-refractivity contribution >= 4 is 16.7 Å². The summed E-state index contributed by atoms with van der Waals surface area (Å²) in [5, 5.41) is 2.28. The second kappa shape index (κ2) is 10.1. The summed E-state index contributed by atoms with van der Waals surface area (Å²) in [4.78, 5) is 18.2. The normalized spacial score (nSPS) is 19.0. The standard InChI is InChI=1S/C29H34N2O2/c1-33-16-15-31(29(32)27-13-12-23-8-2-3-9-24(23)17-27)21-22-7-6-14-30(20-22)28-18-25-10-4-5-11-26(25)19-28/h2-5,8-13,17,22,28H,6-7,14-16,18-21H2,1H3/t22-/m0/s1. The van der Waals surface area contributed by atoms with Crippen molar-refractivity contribution in [2.45, 2.75) is 31.7 Å². The van der Waals surface area contributed by atoms with Gasteiger partial charge in [0.05, 0.1) is 6.61 Å². The van der Waals surface area contributed by atoms with Crippen molar-refractivity contribution < 1.29 is 9.53 Å². The molecule has 1 atom stereocenters. The van der Waals surface area contributed by atoms with Gasteiger partial charge in [-0.25, -0.2) is 0 Å². The van der Waals surface area contributed by atoms with Crippen LogP contribution >= 0.6 is 0 Å². The summed E-state index contributed by atoms with van der Waals surface area (Å²) in [6, 6.07) is 23.8. The van der Waals surface area contributed by atoms with Gasteiger partial charge in [-0.05, 0) is 72.2 Å². The number of nitrogens with zero attached hydrogens (tertiary/aromatic N) is 2. The molecule has 33 heavy (non-hydrogen) atoms. The Hall–Kier alpha value is -2.69. The maximum Gasteiger partial charge on any atom is 0.253 e. The van der Waals surface area contributed by atoms with Crippen LogP contribution in [0.1, 0.15) is 34.3 Å². The number of methoxy groups -OCH3 is 1. The molecule has 1 heterocycles. The Bertz CT molecular complexity index is 1090. The van der Waals surface area contributed by atoms with Crippen LogP contribution < -0.4 is 0 Å². The summed E-state index contributed by atoms with van der Waals surface area (Å²) in [5.74, 6) is 0.618. The average Bonchev–Trinajstić information content (AvgIpc) is 3.30. The second-order valence-electron chi connectivity index (χ2n) is 9.64. The minimum absolute atomic E-state index is 0.114. The summed E-state index contributed by atoms with van der Waals surface area (Å²) < 4.78 is 5.35. The number of carbonyl (C=O) groups is 1. The highest BCUT2D eigenvalue weighted by molar-refractivity contribution is 5.98. The van der Waals surface area contributed by atoms with Gasteiger partial charge in [-0.3, -0.25) is 9.69 Å². The van der Waals surface area contributed by atoms with Gasteiger partial charge >= 0.3 is 0 Å². The van der Waals surface area contributed by atoms with Crippen molar-refractivity contribution in [3.05, 3.63) is 83.4 Å². The van der Waals surface area contributed by atoms with E-state index >= 15 is 0 Å². The van der Waals surface area contributed by atoms with Crippen LogP contribution in [-0.4, -0.2) is 61.6 Å². The van der Waals surface area contributed by atoms with E-state index in [9.17, 15) is 4.79 Å². The van der Waals surface area contributed by atoms with Gasteiger partial charge in [0.15, 0.2) is 0 Å². The first kappa shape index (κ1) is 22.1. The summed E-state index contributed by atoms with van der Waals surface area (Å²) in [6.45, 7) is 4.24. The zero-order valence-corrected chi connectivity index (χ0v) is 19.6. The van der Waals surface area contributed by atoms with Gasteiger partial charge in [-0.1, -0.05) is 54.6 Å². The Balaban J connectivity index is 1.27. The molecule has 0 bridgehead atoms. The van der Waals surface area contributed by atoms with Gasteiger partial charge < -0.3 is 9.64 Å². The number of fused-ring (bicyclic) bond motifs is 2. The van der Waals surface area contributed by atoms with Crippen molar-refractivity contribution in [1.82, 2.24) is 9.80 Å². The number of carbonyl (C=O) groups excluding carboxylic acids is 1. The molecule has 3 aromatic carbocycles. The monoisotopic (exact) mass is 442 g/mol. The molecule has 1 fully saturated rings. The van der Waals surface area contributed by atoms with Crippen LogP contribution in [0.5, 0.6) is 0 Å². The van der Waals surface area contributed by atoms with Crippen LogP contribution in [0.15, 0.2) is 66.7 Å². The predicted octanol–water partition coefficient (Wildman–Crippen LogP) is 4.81. The summed E-state index contributed by atoms with van der Waals surface area (Å²) in [6.07, 6.45) is 4.71. The number of ether oxygens (including phenoxy) is 1. The molecule has 0 radical (unpaired) electrons. The number of likely N-dealkylation sites (tertiary alicyclic amines) is 1. The molecule has 1 amide bonds. The van der Waals surface area contributed by atoms with Crippen LogP contribution in [0.4, 0.5) is 0 Å². The van der Waals surface area contributed by atoms with Gasteiger partial charge in [0, 0.05) is 38.3 Å². The lowest BCUT2D eigenvalue weighted by Crippen LogP contribution is -2.47. The van der Waals surface area contributed by atoms with Gasteiger partial charge in [-0.15, -0.1) is 0 Å². The highest BCUT2D eigenvalue weighted by Crippen LogP contribution is 2.29. The Labute approximate surface area is 197 Å². The van der Waals surface area contributed by atoms with Crippen molar-refractivity contribution in [3.63, 3.8) is 0 Å². The molecule has 4 heteroatoms. The Kier molecular flexibility index (Phi) is 6.75. The van der Waals surface area contributed by atoms with Gasteiger partial charge in [-0.2, -0.15) is 0 Å². The topological polar surface area (TPSA) is 32.8 Å². The first-order valence-corrected chi connectivity index (χ1v) is 12.3. The van der Waals surface area contributed by atoms with E-state index in [-0.39, 0.29) is 5.91 Å². The van der Waals surface area contributed by atoms with Crippen LogP contribution in [-0.2, 0) is 17.6 Å². The minimum atomic E-state index is 0.114. The summed E-state index contributed by atoms with van der Waals surface area (Å²) >= 11 is 0. The third-order valence-electron chi connectivity index (χ3n) is 7.42. The molecule has 5 rings (SSSR count). The highest BCUT2D eigenvalue weighted by Gasteiger charge is 2.31. The highest BCUT2D eigenvalue weighted by atomic mass is 16.5. The van der Waals surface area contributed by atoms with E-state index in [1.54, 1.807) is 7.11 Å². The van der Waals surface area contributed by atoms with Crippen molar-refractivity contribution in [3.8, 4) is 0 Å². The fraction of sp³-hybridized carbons (Fsp3) is 0.414. The molecule has 172 valence electrons. The molecule has 0 aromatic heterocycles. The van der Waals surface area contributed by atoms with Gasteiger partial charge in [0.2, 0.25) is 0 Å². The largest absolute Gasteiger partial charge is 0.383 e. The maximum absolute atomic E-state index is 13.5. The van der Waals surface area contributed by atoms with Crippen molar-refractivity contribution in [2.24, 2.45) is 5.92 Å². The van der Waals surface area contributed by atoms with Crippen LogP contribution in [0.2, 0.25) is 0 Å². The van der Waals surface area contributed by atoms with E-state index < -0.39 is 0 Å². The van der Waals surface area contributed by atoms with Gasteiger partial charge in [0.1, 0.15) is 0 Å². The van der Waals surface area contributed by atoms with Crippen molar-refractivity contribution in [1.29, 1.82) is 0 Å². The lowest BCUT2D eigenvalue weighted by atomic mass is 9.95. The number of hydrogen-bond donors (Lipinski definition) is 0. The van der Waals surface area contributed by atoms with Crippen LogP contribution in [0.25, 0.3) is 10.8 Å². The number of rotatable bonds is 7. The van der Waals surface area contributed by atoms with E-state index in [2.05, 4.69) is 47.4 Å². The first-order chi connectivity index (χ1) is 16.2.